The first-order valence-corrected chi connectivity index (χ1v) is 4.72. The molecule has 0 saturated carbocycles. The summed E-state index contributed by atoms with van der Waals surface area (Å²) >= 11 is 0. The van der Waals surface area contributed by atoms with Crippen molar-refractivity contribution in [1.82, 2.24) is 4.90 Å². The van der Waals surface area contributed by atoms with Crippen LogP contribution in [0.1, 0.15) is 34.1 Å². The molecule has 0 fully saturated rings. The van der Waals surface area contributed by atoms with E-state index < -0.39 is 0 Å². The molecule has 12 heavy (non-hydrogen) atoms. The molecule has 0 rings (SSSR count). The first kappa shape index (κ1) is 11.4. The molecule has 0 aliphatic rings. The first-order valence-electron chi connectivity index (χ1n) is 4.72. The predicted octanol–water partition coefficient (Wildman–Crippen LogP) is 2.27. The van der Waals surface area contributed by atoms with Crippen molar-refractivity contribution in [2.45, 2.75) is 40.2 Å². The van der Waals surface area contributed by atoms with Crippen molar-refractivity contribution in [3.05, 3.63) is 0 Å². The second kappa shape index (κ2) is 6.02. The van der Waals surface area contributed by atoms with E-state index in [-0.39, 0.29) is 0 Å². The van der Waals surface area contributed by atoms with Gasteiger partial charge in [-0.05, 0) is 19.4 Å². The highest BCUT2D eigenvalue weighted by Gasteiger charge is 2.12. The van der Waals surface area contributed by atoms with Gasteiger partial charge in [0.25, 0.3) is 0 Å². The molecule has 0 radical (unpaired) electrons. The number of nitrogens with zero attached hydrogens (tertiary/aromatic N) is 2. The Hall–Kier alpha value is -0.550. The van der Waals surface area contributed by atoms with Crippen molar-refractivity contribution < 1.29 is 0 Å². The maximum atomic E-state index is 8.54. The molecular weight excluding hydrogens is 148 g/mol. The van der Waals surface area contributed by atoms with E-state index in [0.29, 0.717) is 18.4 Å². The van der Waals surface area contributed by atoms with Crippen LogP contribution in [0.4, 0.5) is 0 Å². The SMILES string of the molecule is CCN(CC(C)C)C(C)CC#N. The van der Waals surface area contributed by atoms with Gasteiger partial charge in [-0.25, -0.2) is 0 Å². The Labute approximate surface area is 76.2 Å². The van der Waals surface area contributed by atoms with Crippen LogP contribution >= 0.6 is 0 Å². The topological polar surface area (TPSA) is 27.0 Å². The third-order valence-electron chi connectivity index (χ3n) is 2.02. The van der Waals surface area contributed by atoms with Crippen molar-refractivity contribution in [2.75, 3.05) is 13.1 Å². The summed E-state index contributed by atoms with van der Waals surface area (Å²) in [5.74, 6) is 0.686. The molecule has 0 aromatic heterocycles. The standard InChI is InChI=1S/C10H20N2/c1-5-12(8-9(2)3)10(4)6-7-11/h9-10H,5-6,8H2,1-4H3. The Morgan fingerprint density at radius 2 is 1.92 bits per heavy atom. The van der Waals surface area contributed by atoms with Gasteiger partial charge >= 0.3 is 0 Å². The Kier molecular flexibility index (Phi) is 5.74. The molecule has 1 atom stereocenters. The molecule has 70 valence electrons. The highest BCUT2D eigenvalue weighted by Crippen LogP contribution is 2.06. The molecule has 0 N–H and O–H groups in total. The summed E-state index contributed by atoms with van der Waals surface area (Å²) in [7, 11) is 0. The lowest BCUT2D eigenvalue weighted by atomic mass is 10.1. The Balaban J connectivity index is 3.88. The number of nitriles is 1. The van der Waals surface area contributed by atoms with Gasteiger partial charge in [0.15, 0.2) is 0 Å². The molecule has 0 aromatic rings. The minimum Gasteiger partial charge on any atom is -0.300 e. The lowest BCUT2D eigenvalue weighted by Crippen LogP contribution is -2.35. The summed E-state index contributed by atoms with van der Waals surface area (Å²) in [6, 6.07) is 2.62. The fraction of sp³-hybridized carbons (Fsp3) is 0.900. The van der Waals surface area contributed by atoms with Gasteiger partial charge in [0, 0.05) is 12.6 Å². The summed E-state index contributed by atoms with van der Waals surface area (Å²) in [5, 5.41) is 8.54. The van der Waals surface area contributed by atoms with E-state index in [0.717, 1.165) is 13.1 Å². The molecule has 0 amide bonds. The zero-order valence-electron chi connectivity index (χ0n) is 8.67. The molecular formula is C10H20N2. The maximum absolute atomic E-state index is 8.54. The number of hydrogen-bond donors (Lipinski definition) is 0. The molecule has 0 saturated heterocycles. The van der Waals surface area contributed by atoms with E-state index in [2.05, 4.69) is 38.7 Å². The van der Waals surface area contributed by atoms with Gasteiger partial charge in [-0.2, -0.15) is 5.26 Å². The highest BCUT2D eigenvalue weighted by molar-refractivity contribution is 4.79. The molecule has 2 heteroatoms. The minimum absolute atomic E-state index is 0.405. The Morgan fingerprint density at radius 3 is 2.25 bits per heavy atom. The minimum atomic E-state index is 0.405. The molecule has 0 aromatic carbocycles. The average Bonchev–Trinajstić information content (AvgIpc) is 2.00. The van der Waals surface area contributed by atoms with Gasteiger partial charge < -0.3 is 0 Å². The summed E-state index contributed by atoms with van der Waals surface area (Å²) in [6.45, 7) is 10.8. The second-order valence-electron chi connectivity index (χ2n) is 3.69. The molecule has 0 bridgehead atoms. The third-order valence-corrected chi connectivity index (χ3v) is 2.02. The molecule has 0 spiro atoms. The van der Waals surface area contributed by atoms with Crippen molar-refractivity contribution in [2.24, 2.45) is 5.92 Å². The van der Waals surface area contributed by atoms with Crippen LogP contribution in [0.5, 0.6) is 0 Å². The van der Waals surface area contributed by atoms with E-state index >= 15 is 0 Å². The van der Waals surface area contributed by atoms with Crippen LogP contribution in [-0.2, 0) is 0 Å². The maximum Gasteiger partial charge on any atom is 0.0638 e. The molecule has 2 nitrogen and oxygen atoms in total. The average molecular weight is 168 g/mol. The van der Waals surface area contributed by atoms with Crippen LogP contribution < -0.4 is 0 Å². The predicted molar refractivity (Wildman–Crippen MR) is 51.8 cm³/mol. The highest BCUT2D eigenvalue weighted by atomic mass is 15.1. The summed E-state index contributed by atoms with van der Waals surface area (Å²) in [6.07, 6.45) is 0.639. The van der Waals surface area contributed by atoms with E-state index in [1.165, 1.54) is 0 Å². The van der Waals surface area contributed by atoms with Gasteiger partial charge in [-0.3, -0.25) is 4.90 Å². The van der Waals surface area contributed by atoms with Crippen LogP contribution in [0.3, 0.4) is 0 Å². The lowest BCUT2D eigenvalue weighted by Gasteiger charge is -2.27. The van der Waals surface area contributed by atoms with Crippen molar-refractivity contribution in [3.63, 3.8) is 0 Å². The van der Waals surface area contributed by atoms with Crippen molar-refractivity contribution >= 4 is 0 Å². The molecule has 0 aliphatic heterocycles. The van der Waals surface area contributed by atoms with E-state index in [9.17, 15) is 0 Å². The van der Waals surface area contributed by atoms with Gasteiger partial charge in [-0.15, -0.1) is 0 Å². The van der Waals surface area contributed by atoms with Gasteiger partial charge in [0.2, 0.25) is 0 Å². The lowest BCUT2D eigenvalue weighted by molar-refractivity contribution is 0.198. The number of rotatable bonds is 5. The molecule has 0 aliphatic carbocycles. The van der Waals surface area contributed by atoms with Gasteiger partial charge in [-0.1, -0.05) is 20.8 Å². The smallest absolute Gasteiger partial charge is 0.0638 e. The first-order chi connectivity index (χ1) is 5.61. The normalized spacial score (nSPS) is 13.4. The van der Waals surface area contributed by atoms with Crippen LogP contribution in [0.15, 0.2) is 0 Å². The zero-order valence-corrected chi connectivity index (χ0v) is 8.67. The monoisotopic (exact) mass is 168 g/mol. The summed E-state index contributed by atoms with van der Waals surface area (Å²) in [5.41, 5.74) is 0. The van der Waals surface area contributed by atoms with E-state index in [4.69, 9.17) is 5.26 Å². The molecule has 0 heterocycles. The fourth-order valence-electron chi connectivity index (χ4n) is 1.35. The second-order valence-corrected chi connectivity index (χ2v) is 3.69. The largest absolute Gasteiger partial charge is 0.300 e. The van der Waals surface area contributed by atoms with Gasteiger partial charge in [0.05, 0.1) is 12.5 Å². The third kappa shape index (κ3) is 4.35. The number of hydrogen-bond acceptors (Lipinski definition) is 2. The summed E-state index contributed by atoms with van der Waals surface area (Å²) < 4.78 is 0. The molecule has 1 unspecified atom stereocenters. The van der Waals surface area contributed by atoms with Crippen molar-refractivity contribution in [1.29, 1.82) is 5.26 Å². The van der Waals surface area contributed by atoms with Crippen LogP contribution in [0, 0.1) is 17.2 Å². The van der Waals surface area contributed by atoms with Gasteiger partial charge in [0.1, 0.15) is 0 Å². The Bertz CT molecular complexity index is 146. The van der Waals surface area contributed by atoms with Crippen LogP contribution in [0.25, 0.3) is 0 Å². The summed E-state index contributed by atoms with van der Waals surface area (Å²) in [4.78, 5) is 2.36. The fourth-order valence-corrected chi connectivity index (χ4v) is 1.35. The Morgan fingerprint density at radius 1 is 1.33 bits per heavy atom. The van der Waals surface area contributed by atoms with Crippen molar-refractivity contribution in [3.8, 4) is 6.07 Å². The van der Waals surface area contributed by atoms with Crippen LogP contribution in [-0.4, -0.2) is 24.0 Å². The van der Waals surface area contributed by atoms with E-state index in [1.54, 1.807) is 0 Å². The quantitative estimate of drug-likeness (QED) is 0.629. The zero-order chi connectivity index (χ0) is 9.56. The van der Waals surface area contributed by atoms with Crippen LogP contribution in [0.2, 0.25) is 0 Å². The van der Waals surface area contributed by atoms with E-state index in [1.807, 2.05) is 0 Å².